The van der Waals surface area contributed by atoms with Gasteiger partial charge in [-0.1, -0.05) is 95.1 Å². The monoisotopic (exact) mass is 642 g/mol. The smallest absolute Gasteiger partial charge is 0.252 e. The fourth-order valence-electron chi connectivity index (χ4n) is 8.38. The lowest BCUT2D eigenvalue weighted by Gasteiger charge is -2.44. The molecule has 0 fully saturated rings. The molecule has 2 aliphatic rings. The number of rotatable bonds is 3. The first-order valence-electron chi connectivity index (χ1n) is 17.5. The van der Waals surface area contributed by atoms with Crippen LogP contribution in [-0.4, -0.2) is 6.71 Å². The molecule has 0 aliphatic carbocycles. The van der Waals surface area contributed by atoms with Gasteiger partial charge in [-0.2, -0.15) is 0 Å². The molecule has 0 N–H and O–H groups in total. The largest absolute Gasteiger partial charge is 0.456 e. The lowest BCUT2D eigenvalue weighted by atomic mass is 9.33. The van der Waals surface area contributed by atoms with E-state index in [9.17, 15) is 0 Å². The Kier molecular flexibility index (Phi) is 6.23. The van der Waals surface area contributed by atoms with Crippen LogP contribution in [0.3, 0.4) is 0 Å². The maximum absolute atomic E-state index is 6.39. The van der Waals surface area contributed by atoms with Gasteiger partial charge in [0, 0.05) is 44.8 Å². The molecular weight excluding hydrogens is 607 g/mol. The number of fused-ring (bicyclic) bond motifs is 7. The average Bonchev–Trinajstić information content (AvgIpc) is 3.50. The standard InChI is InChI=1S/C46H35BN2O/c1-28-12-18-33(19-13-28)48-40-22-15-30(3)25-37(40)47-38-26-31(4)16-23-41(38)49(43-10-7-9-42(48)46(43)47)39-21-14-29(2)24-36(39)32-17-20-35-34-8-5-6-11-44(34)50-45(35)27-32/h5-27H,1-4H3. The molecule has 4 heteroatoms. The number of hydrogen-bond acceptors (Lipinski definition) is 3. The van der Waals surface area contributed by atoms with E-state index in [1.807, 2.05) is 12.1 Å². The molecule has 0 atom stereocenters. The van der Waals surface area contributed by atoms with Gasteiger partial charge in [0.25, 0.3) is 6.71 Å². The van der Waals surface area contributed by atoms with Gasteiger partial charge in [0.2, 0.25) is 0 Å². The first-order chi connectivity index (χ1) is 24.4. The Morgan fingerprint density at radius 2 is 1.04 bits per heavy atom. The van der Waals surface area contributed by atoms with Crippen LogP contribution in [0.25, 0.3) is 33.1 Å². The van der Waals surface area contributed by atoms with Crippen LogP contribution in [0.2, 0.25) is 0 Å². The Morgan fingerprint density at radius 3 is 1.78 bits per heavy atom. The van der Waals surface area contributed by atoms with Gasteiger partial charge < -0.3 is 14.2 Å². The summed E-state index contributed by atoms with van der Waals surface area (Å²) in [6.45, 7) is 8.86. The zero-order valence-corrected chi connectivity index (χ0v) is 28.7. The number of aryl methyl sites for hydroxylation is 4. The fraction of sp³-hybridized carbons (Fsp3) is 0.0870. The molecule has 1 aromatic heterocycles. The molecule has 0 amide bonds. The molecule has 50 heavy (non-hydrogen) atoms. The third-order valence-electron chi connectivity index (χ3n) is 10.7. The van der Waals surface area contributed by atoms with E-state index >= 15 is 0 Å². The lowest BCUT2D eigenvalue weighted by molar-refractivity contribution is 0.669. The van der Waals surface area contributed by atoms with Crippen LogP contribution >= 0.6 is 0 Å². The molecular formula is C46H35BN2O. The quantitative estimate of drug-likeness (QED) is 0.179. The van der Waals surface area contributed by atoms with Gasteiger partial charge in [-0.05, 0) is 116 Å². The molecule has 238 valence electrons. The summed E-state index contributed by atoms with van der Waals surface area (Å²) in [5.41, 5.74) is 20.4. The van der Waals surface area contributed by atoms with Gasteiger partial charge in [-0.15, -0.1) is 0 Å². The maximum Gasteiger partial charge on any atom is 0.252 e. The zero-order valence-electron chi connectivity index (χ0n) is 28.7. The number of furan rings is 1. The maximum atomic E-state index is 6.39. The molecule has 3 heterocycles. The van der Waals surface area contributed by atoms with Crippen molar-refractivity contribution in [1.82, 2.24) is 0 Å². The Hall–Kier alpha value is -6.00. The summed E-state index contributed by atoms with van der Waals surface area (Å²) in [6.07, 6.45) is 0. The fourth-order valence-corrected chi connectivity index (χ4v) is 8.38. The van der Waals surface area contributed by atoms with Crippen molar-refractivity contribution < 1.29 is 4.42 Å². The van der Waals surface area contributed by atoms with Gasteiger partial charge in [-0.25, -0.2) is 0 Å². The minimum Gasteiger partial charge on any atom is -0.456 e. The summed E-state index contributed by atoms with van der Waals surface area (Å²) in [5, 5.41) is 2.29. The summed E-state index contributed by atoms with van der Waals surface area (Å²) >= 11 is 0. The average molecular weight is 643 g/mol. The summed E-state index contributed by atoms with van der Waals surface area (Å²) in [4.78, 5) is 4.98. The van der Waals surface area contributed by atoms with Gasteiger partial charge in [0.1, 0.15) is 11.2 Å². The Balaban J connectivity index is 1.25. The topological polar surface area (TPSA) is 19.6 Å². The van der Waals surface area contributed by atoms with E-state index in [1.165, 1.54) is 72.6 Å². The van der Waals surface area contributed by atoms with Crippen molar-refractivity contribution in [2.24, 2.45) is 0 Å². The number of para-hydroxylation sites is 1. The second kappa shape index (κ2) is 10.8. The second-order valence-corrected chi connectivity index (χ2v) is 14.1. The predicted molar refractivity (Wildman–Crippen MR) is 212 cm³/mol. The van der Waals surface area contributed by atoms with Crippen molar-refractivity contribution in [1.29, 1.82) is 0 Å². The van der Waals surface area contributed by atoms with Crippen LogP contribution in [0.15, 0.2) is 144 Å². The highest BCUT2D eigenvalue weighted by Crippen LogP contribution is 2.47. The molecule has 8 aromatic rings. The van der Waals surface area contributed by atoms with E-state index in [-0.39, 0.29) is 6.71 Å². The van der Waals surface area contributed by atoms with Crippen LogP contribution in [0, 0.1) is 27.7 Å². The molecule has 0 radical (unpaired) electrons. The Bertz CT molecular complexity index is 2670. The highest BCUT2D eigenvalue weighted by atomic mass is 16.3. The molecule has 10 rings (SSSR count). The third kappa shape index (κ3) is 4.24. The first-order valence-corrected chi connectivity index (χ1v) is 17.5. The van der Waals surface area contributed by atoms with E-state index in [1.54, 1.807) is 0 Å². The normalized spacial score (nSPS) is 13.1. The van der Waals surface area contributed by atoms with Crippen molar-refractivity contribution in [2.45, 2.75) is 27.7 Å². The molecule has 0 spiro atoms. The van der Waals surface area contributed by atoms with E-state index in [2.05, 4.69) is 165 Å². The van der Waals surface area contributed by atoms with E-state index in [4.69, 9.17) is 4.42 Å². The van der Waals surface area contributed by atoms with Crippen molar-refractivity contribution in [2.75, 3.05) is 9.80 Å². The molecule has 0 unspecified atom stereocenters. The third-order valence-corrected chi connectivity index (χ3v) is 10.7. The molecule has 3 nitrogen and oxygen atoms in total. The van der Waals surface area contributed by atoms with E-state index in [0.29, 0.717) is 0 Å². The van der Waals surface area contributed by atoms with Crippen LogP contribution in [-0.2, 0) is 0 Å². The van der Waals surface area contributed by atoms with Crippen molar-refractivity contribution >= 4 is 79.2 Å². The first kappa shape index (κ1) is 29.0. The minimum atomic E-state index is 0.102. The summed E-state index contributed by atoms with van der Waals surface area (Å²) in [5.74, 6) is 0. The number of benzene rings is 7. The van der Waals surface area contributed by atoms with Gasteiger partial charge >= 0.3 is 0 Å². The molecule has 2 aliphatic heterocycles. The number of anilines is 6. The van der Waals surface area contributed by atoms with Crippen molar-refractivity contribution in [3.8, 4) is 11.1 Å². The van der Waals surface area contributed by atoms with Gasteiger partial charge in [-0.3, -0.25) is 0 Å². The van der Waals surface area contributed by atoms with Crippen LogP contribution in [0.5, 0.6) is 0 Å². The summed E-state index contributed by atoms with van der Waals surface area (Å²) in [6, 6.07) is 51.6. The SMILES string of the molecule is Cc1ccc(N2c3ccc(C)cc3B3c4cc(C)ccc4N(c4ccc(C)cc4-c4ccc5c(c4)oc4ccccc45)c4cccc2c43)cc1. The summed E-state index contributed by atoms with van der Waals surface area (Å²) < 4.78 is 6.39. The predicted octanol–water partition coefficient (Wildman–Crippen LogP) is 10.6. The van der Waals surface area contributed by atoms with Crippen molar-refractivity contribution in [3.63, 3.8) is 0 Å². The molecule has 7 aromatic carbocycles. The highest BCUT2D eigenvalue weighted by Gasteiger charge is 2.43. The number of hydrogen-bond donors (Lipinski definition) is 0. The molecule has 0 bridgehead atoms. The lowest BCUT2D eigenvalue weighted by Crippen LogP contribution is -2.61. The van der Waals surface area contributed by atoms with Crippen molar-refractivity contribution in [3.05, 3.63) is 162 Å². The van der Waals surface area contributed by atoms with Crippen LogP contribution < -0.4 is 26.2 Å². The Labute approximate surface area is 293 Å². The van der Waals surface area contributed by atoms with Crippen LogP contribution in [0.4, 0.5) is 34.1 Å². The van der Waals surface area contributed by atoms with E-state index in [0.717, 1.165) is 33.2 Å². The van der Waals surface area contributed by atoms with E-state index < -0.39 is 0 Å². The van der Waals surface area contributed by atoms with Gasteiger partial charge in [0.05, 0.1) is 5.69 Å². The summed E-state index contributed by atoms with van der Waals surface area (Å²) in [7, 11) is 0. The molecule has 0 saturated heterocycles. The Morgan fingerprint density at radius 1 is 0.440 bits per heavy atom. The van der Waals surface area contributed by atoms with Crippen LogP contribution in [0.1, 0.15) is 22.3 Å². The second-order valence-electron chi connectivity index (χ2n) is 14.1. The molecule has 0 saturated carbocycles. The van der Waals surface area contributed by atoms with Gasteiger partial charge in [0.15, 0.2) is 0 Å². The zero-order chi connectivity index (χ0) is 33.7. The highest BCUT2D eigenvalue weighted by molar-refractivity contribution is 7.00. The minimum absolute atomic E-state index is 0.102. The number of nitrogens with zero attached hydrogens (tertiary/aromatic N) is 2.